The van der Waals surface area contributed by atoms with E-state index in [9.17, 15) is 9.59 Å². The Balaban J connectivity index is 1.89. The van der Waals surface area contributed by atoms with Gasteiger partial charge in [0, 0.05) is 10.0 Å². The third kappa shape index (κ3) is 4.33. The van der Waals surface area contributed by atoms with Crippen molar-refractivity contribution in [3.05, 3.63) is 64.1 Å². The van der Waals surface area contributed by atoms with Gasteiger partial charge in [0.1, 0.15) is 12.4 Å². The fourth-order valence-electron chi connectivity index (χ4n) is 1.75. The van der Waals surface area contributed by atoms with Crippen LogP contribution in [0.25, 0.3) is 0 Å². The zero-order valence-electron chi connectivity index (χ0n) is 11.6. The van der Waals surface area contributed by atoms with Crippen LogP contribution in [-0.2, 0) is 16.1 Å². The third-order valence-electron chi connectivity index (χ3n) is 2.84. The van der Waals surface area contributed by atoms with E-state index in [1.165, 1.54) is 6.07 Å². The lowest BCUT2D eigenvalue weighted by Gasteiger charge is -2.10. The molecule has 0 heterocycles. The summed E-state index contributed by atoms with van der Waals surface area (Å²) in [5, 5.41) is 0. The first-order chi connectivity index (χ1) is 10.6. The average Bonchev–Trinajstić information content (AvgIpc) is 2.52. The summed E-state index contributed by atoms with van der Waals surface area (Å²) >= 11 is 3.37. The third-order valence-corrected chi connectivity index (χ3v) is 3.62. The lowest BCUT2D eigenvalue weighted by Crippen LogP contribution is -2.18. The van der Waals surface area contributed by atoms with Gasteiger partial charge < -0.3 is 15.2 Å². The number of primary amides is 1. The summed E-state index contributed by atoms with van der Waals surface area (Å²) in [4.78, 5) is 22.9. The van der Waals surface area contributed by atoms with Gasteiger partial charge in [0.25, 0.3) is 5.91 Å². The molecule has 0 radical (unpaired) electrons. The lowest BCUT2D eigenvalue weighted by molar-refractivity contribution is -0.147. The number of carbonyl (C=O) groups excluding carboxylic acids is 2. The minimum atomic E-state index is -0.614. The molecule has 0 atom stereocenters. The summed E-state index contributed by atoms with van der Waals surface area (Å²) in [7, 11) is 0. The number of para-hydroxylation sites is 1. The van der Waals surface area contributed by atoms with Crippen LogP contribution in [0.15, 0.2) is 53.0 Å². The van der Waals surface area contributed by atoms with E-state index in [4.69, 9.17) is 15.2 Å². The van der Waals surface area contributed by atoms with Crippen LogP contribution < -0.4 is 10.5 Å². The van der Waals surface area contributed by atoms with Gasteiger partial charge in [-0.05, 0) is 18.2 Å². The number of rotatable bonds is 6. The molecule has 6 heteroatoms. The first-order valence-corrected chi connectivity index (χ1v) is 7.28. The molecule has 0 spiro atoms. The Morgan fingerprint density at radius 2 is 1.73 bits per heavy atom. The number of esters is 1. The summed E-state index contributed by atoms with van der Waals surface area (Å²) < 4.78 is 11.3. The van der Waals surface area contributed by atoms with E-state index in [-0.39, 0.29) is 24.5 Å². The molecule has 0 aliphatic rings. The normalized spacial score (nSPS) is 10.0. The molecule has 2 aromatic rings. The van der Waals surface area contributed by atoms with Crippen molar-refractivity contribution < 1.29 is 19.1 Å². The van der Waals surface area contributed by atoms with E-state index >= 15 is 0 Å². The van der Waals surface area contributed by atoms with E-state index in [1.54, 1.807) is 18.2 Å². The fourth-order valence-corrected chi connectivity index (χ4v) is 2.15. The molecular weight excluding hydrogens is 350 g/mol. The smallest absolute Gasteiger partial charge is 0.344 e. The molecule has 114 valence electrons. The molecule has 0 saturated heterocycles. The molecule has 5 nitrogen and oxygen atoms in total. The van der Waals surface area contributed by atoms with Crippen molar-refractivity contribution in [3.8, 4) is 5.75 Å². The fraction of sp³-hybridized carbons (Fsp3) is 0.125. The van der Waals surface area contributed by atoms with Crippen LogP contribution in [0.2, 0.25) is 0 Å². The van der Waals surface area contributed by atoms with E-state index in [1.807, 2.05) is 24.3 Å². The van der Waals surface area contributed by atoms with Gasteiger partial charge in [0.2, 0.25) is 0 Å². The molecule has 0 saturated carbocycles. The number of hydrogen-bond acceptors (Lipinski definition) is 4. The molecule has 0 aromatic heterocycles. The molecule has 0 fully saturated rings. The van der Waals surface area contributed by atoms with Crippen LogP contribution in [0.3, 0.4) is 0 Å². The van der Waals surface area contributed by atoms with Crippen molar-refractivity contribution >= 4 is 27.8 Å². The van der Waals surface area contributed by atoms with Gasteiger partial charge in [0.05, 0.1) is 5.56 Å². The van der Waals surface area contributed by atoms with Crippen molar-refractivity contribution in [2.75, 3.05) is 6.61 Å². The largest absolute Gasteiger partial charge is 0.481 e. The van der Waals surface area contributed by atoms with Crippen molar-refractivity contribution in [2.45, 2.75) is 6.61 Å². The summed E-state index contributed by atoms with van der Waals surface area (Å²) in [5.74, 6) is -0.889. The van der Waals surface area contributed by atoms with Crippen molar-refractivity contribution in [1.29, 1.82) is 0 Å². The predicted molar refractivity (Wildman–Crippen MR) is 84.4 cm³/mol. The van der Waals surface area contributed by atoms with Gasteiger partial charge in [-0.1, -0.05) is 46.3 Å². The molecule has 2 rings (SSSR count). The van der Waals surface area contributed by atoms with Crippen LogP contribution in [0.1, 0.15) is 15.9 Å². The van der Waals surface area contributed by atoms with Gasteiger partial charge in [-0.2, -0.15) is 0 Å². The van der Waals surface area contributed by atoms with Crippen LogP contribution in [0.4, 0.5) is 0 Å². The number of amides is 1. The second kappa shape index (κ2) is 7.61. The number of halogens is 1. The lowest BCUT2D eigenvalue weighted by atomic mass is 10.2. The monoisotopic (exact) mass is 363 g/mol. The average molecular weight is 364 g/mol. The minimum Gasteiger partial charge on any atom is -0.481 e. The number of benzene rings is 2. The molecule has 0 bridgehead atoms. The zero-order valence-corrected chi connectivity index (χ0v) is 13.2. The summed E-state index contributed by atoms with van der Waals surface area (Å²) in [6.07, 6.45) is 0. The second-order valence-corrected chi connectivity index (χ2v) is 5.26. The van der Waals surface area contributed by atoms with Crippen molar-refractivity contribution in [3.63, 3.8) is 0 Å². The highest BCUT2D eigenvalue weighted by Crippen LogP contribution is 2.18. The topological polar surface area (TPSA) is 78.6 Å². The number of hydrogen-bond donors (Lipinski definition) is 1. The van der Waals surface area contributed by atoms with Crippen molar-refractivity contribution in [2.24, 2.45) is 5.73 Å². The molecule has 2 N–H and O–H groups in total. The highest BCUT2D eigenvalue weighted by Gasteiger charge is 2.11. The standard InChI is InChI=1S/C16H14BrNO4/c17-13-7-3-1-5-11(13)9-22-15(19)10-21-14-8-4-2-6-12(14)16(18)20/h1-8H,9-10H2,(H2,18,20). The molecule has 0 unspecified atom stereocenters. The molecule has 2 aromatic carbocycles. The highest BCUT2D eigenvalue weighted by atomic mass is 79.9. The second-order valence-electron chi connectivity index (χ2n) is 4.40. The summed E-state index contributed by atoms with van der Waals surface area (Å²) in [6, 6.07) is 13.9. The summed E-state index contributed by atoms with van der Waals surface area (Å²) in [5.41, 5.74) is 6.31. The van der Waals surface area contributed by atoms with Gasteiger partial charge in [-0.3, -0.25) is 4.79 Å². The van der Waals surface area contributed by atoms with Crippen LogP contribution in [-0.4, -0.2) is 18.5 Å². The summed E-state index contributed by atoms with van der Waals surface area (Å²) in [6.45, 7) is -0.157. The van der Waals surface area contributed by atoms with Crippen molar-refractivity contribution in [1.82, 2.24) is 0 Å². The van der Waals surface area contributed by atoms with Gasteiger partial charge in [-0.25, -0.2) is 4.79 Å². The molecule has 22 heavy (non-hydrogen) atoms. The highest BCUT2D eigenvalue weighted by molar-refractivity contribution is 9.10. The Hall–Kier alpha value is -2.34. The Bertz CT molecular complexity index is 687. The van der Waals surface area contributed by atoms with E-state index < -0.39 is 11.9 Å². The quantitative estimate of drug-likeness (QED) is 0.800. The van der Waals surface area contributed by atoms with Gasteiger partial charge in [0.15, 0.2) is 6.61 Å². The molecule has 0 aliphatic heterocycles. The Labute approximate surface area is 136 Å². The number of ether oxygens (including phenoxy) is 2. The Morgan fingerprint density at radius 1 is 1.05 bits per heavy atom. The van der Waals surface area contributed by atoms with Crippen LogP contribution in [0, 0.1) is 0 Å². The van der Waals surface area contributed by atoms with E-state index in [0.717, 1.165) is 10.0 Å². The maximum atomic E-state index is 11.7. The van der Waals surface area contributed by atoms with Gasteiger partial charge in [-0.15, -0.1) is 0 Å². The maximum absolute atomic E-state index is 11.7. The van der Waals surface area contributed by atoms with E-state index in [2.05, 4.69) is 15.9 Å². The Morgan fingerprint density at radius 3 is 2.45 bits per heavy atom. The maximum Gasteiger partial charge on any atom is 0.344 e. The SMILES string of the molecule is NC(=O)c1ccccc1OCC(=O)OCc1ccccc1Br. The van der Waals surface area contributed by atoms with Crippen LogP contribution in [0.5, 0.6) is 5.75 Å². The first kappa shape index (κ1) is 16.0. The Kier molecular flexibility index (Phi) is 5.55. The zero-order chi connectivity index (χ0) is 15.9. The molecule has 0 aliphatic carbocycles. The minimum absolute atomic E-state index is 0.140. The van der Waals surface area contributed by atoms with Gasteiger partial charge >= 0.3 is 5.97 Å². The first-order valence-electron chi connectivity index (χ1n) is 6.48. The van der Waals surface area contributed by atoms with Crippen LogP contribution >= 0.6 is 15.9 Å². The number of carbonyl (C=O) groups is 2. The predicted octanol–water partition coefficient (Wildman–Crippen LogP) is 2.67. The molecular formula is C16H14BrNO4. The molecule has 1 amide bonds. The number of nitrogens with two attached hydrogens (primary N) is 1. The van der Waals surface area contributed by atoms with E-state index in [0.29, 0.717) is 0 Å².